The van der Waals surface area contributed by atoms with Gasteiger partial charge in [0.15, 0.2) is 0 Å². The van der Waals surface area contributed by atoms with Crippen LogP contribution < -0.4 is 0 Å². The fourth-order valence-electron chi connectivity index (χ4n) is 2.33. The maximum absolute atomic E-state index is 2.49. The van der Waals surface area contributed by atoms with Crippen molar-refractivity contribution in [2.45, 2.75) is 66.1 Å². The Kier molecular flexibility index (Phi) is 4.56. The summed E-state index contributed by atoms with van der Waals surface area (Å²) in [6.45, 7) is 16.0. The van der Waals surface area contributed by atoms with Crippen molar-refractivity contribution in [1.82, 2.24) is 15.1 Å². The van der Waals surface area contributed by atoms with Crippen LogP contribution in [0.15, 0.2) is 0 Å². The Hall–Kier alpha value is -0.120. The second-order valence-corrected chi connectivity index (χ2v) is 5.28. The zero-order valence-electron chi connectivity index (χ0n) is 11.2. The van der Waals surface area contributed by atoms with E-state index in [-0.39, 0.29) is 0 Å². The van der Waals surface area contributed by atoms with Crippen molar-refractivity contribution in [2.24, 2.45) is 0 Å². The van der Waals surface area contributed by atoms with Crippen molar-refractivity contribution in [3.05, 3.63) is 0 Å². The minimum atomic E-state index is 0.551. The van der Waals surface area contributed by atoms with E-state index >= 15 is 0 Å². The molecule has 1 rings (SSSR count). The lowest BCUT2D eigenvalue weighted by molar-refractivity contribution is -0.253. The third-order valence-corrected chi connectivity index (χ3v) is 2.95. The van der Waals surface area contributed by atoms with Crippen molar-refractivity contribution in [1.29, 1.82) is 0 Å². The van der Waals surface area contributed by atoms with E-state index in [0.717, 1.165) is 0 Å². The number of hydrogen-bond acceptors (Lipinski definition) is 3. The summed E-state index contributed by atoms with van der Waals surface area (Å²) in [5, 5.41) is 7.45. The number of nitrogens with zero attached hydrogens (tertiary/aromatic N) is 3. The average molecular weight is 213 g/mol. The monoisotopic (exact) mass is 213 g/mol. The van der Waals surface area contributed by atoms with Gasteiger partial charge in [0.25, 0.3) is 0 Å². The summed E-state index contributed by atoms with van der Waals surface area (Å²) in [5.41, 5.74) is 0. The minimum absolute atomic E-state index is 0.551. The molecule has 15 heavy (non-hydrogen) atoms. The molecule has 1 heterocycles. The van der Waals surface area contributed by atoms with Crippen molar-refractivity contribution < 1.29 is 0 Å². The lowest BCUT2D eigenvalue weighted by atomic mass is 10.2. The highest BCUT2D eigenvalue weighted by atomic mass is 15.9. The van der Waals surface area contributed by atoms with Gasteiger partial charge >= 0.3 is 0 Å². The third-order valence-electron chi connectivity index (χ3n) is 2.95. The SMILES string of the molecule is CC(C)N1CCCN(C(C)C)N1C(C)C. The second kappa shape index (κ2) is 5.28. The van der Waals surface area contributed by atoms with E-state index < -0.39 is 0 Å². The van der Waals surface area contributed by atoms with Gasteiger partial charge in [-0.3, -0.25) is 0 Å². The van der Waals surface area contributed by atoms with Crippen molar-refractivity contribution in [3.63, 3.8) is 0 Å². The minimum Gasteiger partial charge on any atom is -0.225 e. The Bertz CT molecular complexity index is 173. The lowest BCUT2D eigenvalue weighted by Gasteiger charge is -2.51. The molecule has 0 aliphatic carbocycles. The quantitative estimate of drug-likeness (QED) is 0.712. The van der Waals surface area contributed by atoms with E-state index in [9.17, 15) is 0 Å². The highest BCUT2D eigenvalue weighted by Gasteiger charge is 2.31. The van der Waals surface area contributed by atoms with Crippen molar-refractivity contribution in [2.75, 3.05) is 13.1 Å². The first-order valence-electron chi connectivity index (χ1n) is 6.27. The van der Waals surface area contributed by atoms with Crippen LogP contribution in [-0.4, -0.2) is 46.4 Å². The van der Waals surface area contributed by atoms with Crippen molar-refractivity contribution >= 4 is 0 Å². The first-order chi connectivity index (χ1) is 6.95. The van der Waals surface area contributed by atoms with Gasteiger partial charge in [0, 0.05) is 31.2 Å². The Morgan fingerprint density at radius 2 is 1.07 bits per heavy atom. The Balaban J connectivity index is 2.80. The molecule has 0 aromatic carbocycles. The predicted molar refractivity (Wildman–Crippen MR) is 65.3 cm³/mol. The molecule has 1 fully saturated rings. The van der Waals surface area contributed by atoms with Crippen LogP contribution in [0.2, 0.25) is 0 Å². The van der Waals surface area contributed by atoms with Crippen LogP contribution in [0.5, 0.6) is 0 Å². The summed E-state index contributed by atoms with van der Waals surface area (Å²) in [6.07, 6.45) is 1.28. The molecule has 0 amide bonds. The molecule has 0 unspecified atom stereocenters. The van der Waals surface area contributed by atoms with E-state index in [1.54, 1.807) is 0 Å². The molecule has 1 saturated heterocycles. The highest BCUT2D eigenvalue weighted by molar-refractivity contribution is 4.73. The molecule has 0 N–H and O–H groups in total. The molecule has 3 heteroatoms. The van der Waals surface area contributed by atoms with Gasteiger partial charge in [0.2, 0.25) is 0 Å². The van der Waals surface area contributed by atoms with Gasteiger partial charge in [-0.15, -0.1) is 0 Å². The molecule has 0 spiro atoms. The highest BCUT2D eigenvalue weighted by Crippen LogP contribution is 2.20. The molecule has 0 bridgehead atoms. The van der Waals surface area contributed by atoms with E-state index in [1.165, 1.54) is 19.5 Å². The Morgan fingerprint density at radius 1 is 0.667 bits per heavy atom. The van der Waals surface area contributed by atoms with Gasteiger partial charge in [-0.2, -0.15) is 5.12 Å². The maximum Gasteiger partial charge on any atom is 0.0348 e. The van der Waals surface area contributed by atoms with Gasteiger partial charge < -0.3 is 0 Å². The fraction of sp³-hybridized carbons (Fsp3) is 1.00. The van der Waals surface area contributed by atoms with Crippen LogP contribution in [-0.2, 0) is 0 Å². The van der Waals surface area contributed by atoms with Crippen LogP contribution in [0.4, 0.5) is 0 Å². The van der Waals surface area contributed by atoms with E-state index in [2.05, 4.69) is 56.7 Å². The molecule has 1 aliphatic rings. The van der Waals surface area contributed by atoms with Crippen molar-refractivity contribution in [3.8, 4) is 0 Å². The molecular formula is C12H27N3. The largest absolute Gasteiger partial charge is 0.225 e. The zero-order valence-corrected chi connectivity index (χ0v) is 11.2. The molecule has 0 atom stereocenters. The molecule has 0 radical (unpaired) electrons. The summed E-state index contributed by atoms with van der Waals surface area (Å²) in [4.78, 5) is 0. The summed E-state index contributed by atoms with van der Waals surface area (Å²) < 4.78 is 0. The van der Waals surface area contributed by atoms with Crippen LogP contribution >= 0.6 is 0 Å². The molecule has 90 valence electrons. The lowest BCUT2D eigenvalue weighted by Crippen LogP contribution is -2.64. The maximum atomic E-state index is 2.49. The number of rotatable bonds is 3. The van der Waals surface area contributed by atoms with Crippen LogP contribution in [0.1, 0.15) is 48.0 Å². The first-order valence-corrected chi connectivity index (χ1v) is 6.27. The van der Waals surface area contributed by atoms with Gasteiger partial charge in [0.1, 0.15) is 0 Å². The van der Waals surface area contributed by atoms with Crippen LogP contribution in [0, 0.1) is 0 Å². The van der Waals surface area contributed by atoms with Crippen LogP contribution in [0.3, 0.4) is 0 Å². The first kappa shape index (κ1) is 12.9. The third kappa shape index (κ3) is 2.92. The van der Waals surface area contributed by atoms with E-state index in [4.69, 9.17) is 0 Å². The van der Waals surface area contributed by atoms with E-state index in [0.29, 0.717) is 18.1 Å². The van der Waals surface area contributed by atoms with Gasteiger partial charge in [-0.1, -0.05) is 0 Å². The molecule has 1 aliphatic heterocycles. The smallest absolute Gasteiger partial charge is 0.0348 e. The van der Waals surface area contributed by atoms with Crippen LogP contribution in [0.25, 0.3) is 0 Å². The molecule has 3 nitrogen and oxygen atoms in total. The Morgan fingerprint density at radius 3 is 1.33 bits per heavy atom. The number of hydrazine groups is 2. The molecule has 0 saturated carbocycles. The zero-order chi connectivity index (χ0) is 11.6. The average Bonchev–Trinajstić information content (AvgIpc) is 2.16. The second-order valence-electron chi connectivity index (χ2n) is 5.28. The van der Waals surface area contributed by atoms with E-state index in [1.807, 2.05) is 0 Å². The molecule has 0 aromatic rings. The summed E-state index contributed by atoms with van der Waals surface area (Å²) >= 11 is 0. The predicted octanol–water partition coefficient (Wildman–Crippen LogP) is 2.35. The van der Waals surface area contributed by atoms with Gasteiger partial charge in [-0.05, 0) is 48.0 Å². The molecular weight excluding hydrogens is 186 g/mol. The normalized spacial score (nSPS) is 22.2. The van der Waals surface area contributed by atoms with Gasteiger partial charge in [-0.25, -0.2) is 10.0 Å². The Labute approximate surface area is 95.0 Å². The van der Waals surface area contributed by atoms with Gasteiger partial charge in [0.05, 0.1) is 0 Å². The topological polar surface area (TPSA) is 9.72 Å². The molecule has 0 aromatic heterocycles. The summed E-state index contributed by atoms with van der Waals surface area (Å²) in [5.74, 6) is 0. The number of hydrogen-bond donors (Lipinski definition) is 0. The summed E-state index contributed by atoms with van der Waals surface area (Å²) in [6, 6.07) is 1.73. The summed E-state index contributed by atoms with van der Waals surface area (Å²) in [7, 11) is 0. The standard InChI is InChI=1S/C12H27N3/c1-10(2)13-8-7-9-14(11(3)4)15(13)12(5)6/h10-12H,7-9H2,1-6H3. The fourth-order valence-corrected chi connectivity index (χ4v) is 2.33.